The van der Waals surface area contributed by atoms with Gasteiger partial charge < -0.3 is 9.47 Å². The fraction of sp³-hybridized carbons (Fsp3) is 0.733. The van der Waals surface area contributed by atoms with E-state index < -0.39 is 0 Å². The molecule has 1 aromatic rings. The standard InChI is InChI=1S/C15H24N3OS/c1-14-16-7-9-17(14)8-5-3-2-4-6-15(19)18-10-12-20-13-11-18/h9H,2-6,8,10-13H2,1H3. The second-order valence-corrected chi connectivity index (χ2v) is 6.49. The molecule has 0 spiro atoms. The zero-order valence-corrected chi connectivity index (χ0v) is 13.1. The summed E-state index contributed by atoms with van der Waals surface area (Å²) in [6.07, 6.45) is 10.0. The molecule has 111 valence electrons. The minimum atomic E-state index is 0.352. The van der Waals surface area contributed by atoms with Crippen molar-refractivity contribution in [3.8, 4) is 0 Å². The lowest BCUT2D eigenvalue weighted by Gasteiger charge is -2.26. The third-order valence-electron chi connectivity index (χ3n) is 3.76. The Hall–Kier alpha value is -0.970. The summed E-state index contributed by atoms with van der Waals surface area (Å²) in [5.41, 5.74) is 0. The number of amides is 1. The molecule has 4 nitrogen and oxygen atoms in total. The molecule has 20 heavy (non-hydrogen) atoms. The van der Waals surface area contributed by atoms with E-state index in [-0.39, 0.29) is 0 Å². The van der Waals surface area contributed by atoms with Crippen LogP contribution in [0.4, 0.5) is 0 Å². The van der Waals surface area contributed by atoms with E-state index in [1.54, 1.807) is 0 Å². The number of carbonyl (C=O) groups excluding carboxylic acids is 1. The second kappa shape index (κ2) is 8.35. The number of carbonyl (C=O) groups is 1. The Balaban J connectivity index is 1.51. The predicted octanol–water partition coefficient (Wildman–Crippen LogP) is 2.52. The van der Waals surface area contributed by atoms with Gasteiger partial charge >= 0.3 is 0 Å². The quantitative estimate of drug-likeness (QED) is 0.725. The van der Waals surface area contributed by atoms with Crippen LogP contribution in [0.15, 0.2) is 6.20 Å². The van der Waals surface area contributed by atoms with Crippen molar-refractivity contribution in [2.75, 3.05) is 24.6 Å². The van der Waals surface area contributed by atoms with Crippen LogP contribution in [0.2, 0.25) is 0 Å². The van der Waals surface area contributed by atoms with Gasteiger partial charge in [0.25, 0.3) is 0 Å². The van der Waals surface area contributed by atoms with Crippen molar-refractivity contribution < 1.29 is 4.79 Å². The molecule has 0 atom stereocenters. The van der Waals surface area contributed by atoms with Gasteiger partial charge in [-0.1, -0.05) is 12.8 Å². The molecule has 0 saturated carbocycles. The molecule has 5 heteroatoms. The number of aromatic nitrogens is 2. The first kappa shape index (κ1) is 15.4. The fourth-order valence-corrected chi connectivity index (χ4v) is 3.36. The molecule has 1 aliphatic heterocycles. The van der Waals surface area contributed by atoms with Crippen molar-refractivity contribution in [1.82, 2.24) is 14.5 Å². The van der Waals surface area contributed by atoms with Crippen LogP contribution in [-0.2, 0) is 11.3 Å². The van der Waals surface area contributed by atoms with Crippen molar-refractivity contribution in [2.45, 2.75) is 45.6 Å². The Morgan fingerprint density at radius 3 is 2.75 bits per heavy atom. The summed E-state index contributed by atoms with van der Waals surface area (Å²) in [6.45, 7) is 4.91. The summed E-state index contributed by atoms with van der Waals surface area (Å²) < 4.78 is 2.14. The molecular weight excluding hydrogens is 270 g/mol. The maximum atomic E-state index is 12.0. The van der Waals surface area contributed by atoms with Crippen molar-refractivity contribution >= 4 is 17.7 Å². The first-order chi connectivity index (χ1) is 9.77. The number of hydrogen-bond acceptors (Lipinski definition) is 3. The zero-order valence-electron chi connectivity index (χ0n) is 12.3. The van der Waals surface area contributed by atoms with E-state index in [0.29, 0.717) is 5.91 Å². The molecule has 1 fully saturated rings. The van der Waals surface area contributed by atoms with Crippen molar-refractivity contribution in [3.05, 3.63) is 18.2 Å². The summed E-state index contributed by atoms with van der Waals surface area (Å²) in [5, 5.41) is 0. The molecule has 2 rings (SSSR count). The van der Waals surface area contributed by atoms with Crippen LogP contribution in [0.3, 0.4) is 0 Å². The molecule has 0 unspecified atom stereocenters. The summed E-state index contributed by atoms with van der Waals surface area (Å²) in [7, 11) is 0. The number of imidazole rings is 1. The summed E-state index contributed by atoms with van der Waals surface area (Å²) in [4.78, 5) is 18.1. The van der Waals surface area contributed by atoms with E-state index >= 15 is 0 Å². The van der Waals surface area contributed by atoms with Gasteiger partial charge in [-0.2, -0.15) is 11.8 Å². The van der Waals surface area contributed by atoms with E-state index in [0.717, 1.165) is 62.6 Å². The smallest absolute Gasteiger partial charge is 0.222 e. The maximum Gasteiger partial charge on any atom is 0.222 e. The van der Waals surface area contributed by atoms with Gasteiger partial charge in [0.05, 0.1) is 0 Å². The number of rotatable bonds is 7. The van der Waals surface area contributed by atoms with Crippen molar-refractivity contribution in [1.29, 1.82) is 0 Å². The van der Waals surface area contributed by atoms with Crippen molar-refractivity contribution in [3.63, 3.8) is 0 Å². The van der Waals surface area contributed by atoms with Gasteiger partial charge in [-0.15, -0.1) is 0 Å². The van der Waals surface area contributed by atoms with Crippen LogP contribution in [0.1, 0.15) is 37.9 Å². The number of nitrogens with zero attached hydrogens (tertiary/aromatic N) is 3. The van der Waals surface area contributed by atoms with Crippen LogP contribution in [0, 0.1) is 13.1 Å². The maximum absolute atomic E-state index is 12.0. The average molecular weight is 294 g/mol. The third kappa shape index (κ3) is 4.85. The van der Waals surface area contributed by atoms with E-state index in [4.69, 9.17) is 0 Å². The molecule has 1 aliphatic rings. The Morgan fingerprint density at radius 2 is 2.05 bits per heavy atom. The van der Waals surface area contributed by atoms with Crippen LogP contribution in [0.5, 0.6) is 0 Å². The molecule has 1 radical (unpaired) electrons. The number of thioether (sulfide) groups is 1. The average Bonchev–Trinajstić information content (AvgIpc) is 2.89. The minimum Gasteiger partial charge on any atom is -0.341 e. The molecule has 1 amide bonds. The lowest BCUT2D eigenvalue weighted by atomic mass is 10.1. The normalized spacial score (nSPS) is 15.6. The van der Waals surface area contributed by atoms with E-state index in [9.17, 15) is 4.79 Å². The summed E-state index contributed by atoms with van der Waals surface area (Å²) in [5.74, 6) is 3.59. The molecule has 0 aromatic carbocycles. The first-order valence-corrected chi connectivity index (χ1v) is 8.68. The van der Waals surface area contributed by atoms with E-state index in [1.165, 1.54) is 6.42 Å². The fourth-order valence-electron chi connectivity index (χ4n) is 2.46. The van der Waals surface area contributed by atoms with E-state index in [1.807, 2.05) is 29.8 Å². The Labute approximate surface area is 125 Å². The Morgan fingerprint density at radius 1 is 1.30 bits per heavy atom. The Bertz CT molecular complexity index is 413. The number of hydrogen-bond donors (Lipinski definition) is 0. The van der Waals surface area contributed by atoms with Crippen LogP contribution in [-0.4, -0.2) is 45.0 Å². The van der Waals surface area contributed by atoms with Gasteiger partial charge in [0.1, 0.15) is 12.0 Å². The molecule has 0 N–H and O–H groups in total. The molecule has 0 bridgehead atoms. The highest BCUT2D eigenvalue weighted by atomic mass is 32.2. The molecular formula is C15H24N3OS. The highest BCUT2D eigenvalue weighted by Crippen LogP contribution is 2.12. The minimum absolute atomic E-state index is 0.352. The summed E-state index contributed by atoms with van der Waals surface area (Å²) >= 11 is 1.95. The largest absolute Gasteiger partial charge is 0.341 e. The van der Waals surface area contributed by atoms with E-state index in [2.05, 4.69) is 15.7 Å². The highest BCUT2D eigenvalue weighted by Gasteiger charge is 2.15. The topological polar surface area (TPSA) is 38.1 Å². The van der Waals surface area contributed by atoms with Crippen LogP contribution < -0.4 is 0 Å². The van der Waals surface area contributed by atoms with Gasteiger partial charge in [0.2, 0.25) is 5.91 Å². The molecule has 2 heterocycles. The molecule has 0 aliphatic carbocycles. The third-order valence-corrected chi connectivity index (χ3v) is 4.70. The number of aryl methyl sites for hydroxylation is 2. The van der Waals surface area contributed by atoms with Gasteiger partial charge in [-0.3, -0.25) is 4.79 Å². The summed E-state index contributed by atoms with van der Waals surface area (Å²) in [6, 6.07) is 0. The zero-order chi connectivity index (χ0) is 14.2. The van der Waals surface area contributed by atoms with Crippen LogP contribution in [0.25, 0.3) is 0 Å². The van der Waals surface area contributed by atoms with Gasteiger partial charge in [-0.05, 0) is 19.8 Å². The van der Waals surface area contributed by atoms with Crippen LogP contribution >= 0.6 is 11.8 Å². The van der Waals surface area contributed by atoms with Gasteiger partial charge in [-0.25, -0.2) is 4.98 Å². The monoisotopic (exact) mass is 294 g/mol. The lowest BCUT2D eigenvalue weighted by Crippen LogP contribution is -2.37. The predicted molar refractivity (Wildman–Crippen MR) is 82.8 cm³/mol. The van der Waals surface area contributed by atoms with Crippen molar-refractivity contribution in [2.24, 2.45) is 0 Å². The molecule has 1 aromatic heterocycles. The van der Waals surface area contributed by atoms with Gasteiger partial charge in [0, 0.05) is 43.8 Å². The second-order valence-electron chi connectivity index (χ2n) is 5.27. The number of unbranched alkanes of at least 4 members (excludes halogenated alkanes) is 3. The highest BCUT2D eigenvalue weighted by molar-refractivity contribution is 7.99. The first-order valence-electron chi connectivity index (χ1n) is 7.53. The Kier molecular flexibility index (Phi) is 6.43. The SMILES string of the molecule is Cc1n[c]cn1CCCCCCC(=O)N1CCSCC1. The lowest BCUT2D eigenvalue weighted by molar-refractivity contribution is -0.130. The van der Waals surface area contributed by atoms with Gasteiger partial charge in [0.15, 0.2) is 0 Å². The molecule has 1 saturated heterocycles.